The highest BCUT2D eigenvalue weighted by molar-refractivity contribution is 5.90. The third kappa shape index (κ3) is 5.01. The highest BCUT2D eigenvalue weighted by atomic mass is 16.7. The van der Waals surface area contributed by atoms with Crippen molar-refractivity contribution in [3.05, 3.63) is 75.7 Å². The third-order valence-electron chi connectivity index (χ3n) is 4.99. The van der Waals surface area contributed by atoms with Crippen molar-refractivity contribution >= 4 is 11.9 Å². The summed E-state index contributed by atoms with van der Waals surface area (Å²) in [5.41, 5.74) is 1.41. The van der Waals surface area contributed by atoms with Crippen LogP contribution in [0.3, 0.4) is 0 Å². The molecule has 0 bridgehead atoms. The highest BCUT2D eigenvalue weighted by Gasteiger charge is 2.21. The predicted molar refractivity (Wildman–Crippen MR) is 120 cm³/mol. The molecule has 0 atom stereocenters. The van der Waals surface area contributed by atoms with Crippen molar-refractivity contribution in [3.8, 4) is 22.9 Å². The average Bonchev–Trinajstić information content (AvgIpc) is 3.30. The van der Waals surface area contributed by atoms with Gasteiger partial charge in [-0.3, -0.25) is 9.59 Å². The van der Waals surface area contributed by atoms with Crippen LogP contribution in [0.2, 0.25) is 0 Å². The smallest absolute Gasteiger partial charge is 0.362 e. The lowest BCUT2D eigenvalue weighted by Gasteiger charge is -2.13. The van der Waals surface area contributed by atoms with E-state index in [1.54, 1.807) is 31.2 Å². The van der Waals surface area contributed by atoms with Crippen molar-refractivity contribution in [1.82, 2.24) is 15.1 Å². The summed E-state index contributed by atoms with van der Waals surface area (Å²) in [7, 11) is 0. The van der Waals surface area contributed by atoms with Gasteiger partial charge in [-0.1, -0.05) is 24.3 Å². The van der Waals surface area contributed by atoms with Crippen molar-refractivity contribution in [2.45, 2.75) is 20.4 Å². The summed E-state index contributed by atoms with van der Waals surface area (Å²) in [6.45, 7) is 3.56. The van der Waals surface area contributed by atoms with E-state index in [0.717, 1.165) is 21.9 Å². The van der Waals surface area contributed by atoms with E-state index < -0.39 is 24.0 Å². The summed E-state index contributed by atoms with van der Waals surface area (Å²) >= 11 is 0. The molecule has 2 heterocycles. The summed E-state index contributed by atoms with van der Waals surface area (Å²) in [5, 5.41) is 6.89. The van der Waals surface area contributed by atoms with Crippen molar-refractivity contribution in [2.75, 3.05) is 20.0 Å². The fourth-order valence-corrected chi connectivity index (χ4v) is 3.31. The van der Waals surface area contributed by atoms with Gasteiger partial charge in [0.05, 0.1) is 18.4 Å². The molecule has 1 N–H and O–H groups in total. The largest absolute Gasteiger partial charge is 0.481 e. The molecule has 0 unspecified atom stereocenters. The molecule has 10 nitrogen and oxygen atoms in total. The Balaban J connectivity index is 1.48. The number of aromatic nitrogens is 2. The maximum Gasteiger partial charge on any atom is 0.362 e. The number of aryl methyl sites for hydroxylation is 1. The molecule has 1 aliphatic rings. The molecule has 0 saturated carbocycles. The van der Waals surface area contributed by atoms with Gasteiger partial charge in [0.1, 0.15) is 0 Å². The van der Waals surface area contributed by atoms with E-state index in [1.165, 1.54) is 0 Å². The number of amides is 1. The van der Waals surface area contributed by atoms with Gasteiger partial charge in [0.15, 0.2) is 23.9 Å². The molecule has 10 heteroatoms. The molecule has 0 spiro atoms. The fraction of sp³-hybridized carbons (Fsp3) is 0.250. The minimum atomic E-state index is -0.763. The van der Waals surface area contributed by atoms with Gasteiger partial charge in [0.2, 0.25) is 12.5 Å². The van der Waals surface area contributed by atoms with E-state index in [4.69, 9.17) is 18.9 Å². The number of ether oxygens (including phenoxy) is 4. The SMILES string of the molecule is CCOC(=O)c1nn(-c2ccccc2C)c(=O)cc1OCC(=O)NCc1ccc2c(c1)OCO2. The summed E-state index contributed by atoms with van der Waals surface area (Å²) < 4.78 is 22.3. The van der Waals surface area contributed by atoms with E-state index in [0.29, 0.717) is 17.2 Å². The van der Waals surface area contributed by atoms with Crippen LogP contribution in [0, 0.1) is 6.92 Å². The number of carbonyl (C=O) groups is 2. The molecule has 34 heavy (non-hydrogen) atoms. The Morgan fingerprint density at radius 1 is 1.12 bits per heavy atom. The molecule has 4 rings (SSSR count). The molecule has 1 amide bonds. The number of rotatable bonds is 8. The van der Waals surface area contributed by atoms with Crippen LogP contribution >= 0.6 is 0 Å². The number of fused-ring (bicyclic) bond motifs is 1. The Morgan fingerprint density at radius 2 is 1.91 bits per heavy atom. The molecule has 176 valence electrons. The van der Waals surface area contributed by atoms with E-state index >= 15 is 0 Å². The number of hydrogen-bond acceptors (Lipinski definition) is 8. The second-order valence-electron chi connectivity index (χ2n) is 7.37. The first-order chi connectivity index (χ1) is 16.5. The quantitative estimate of drug-likeness (QED) is 0.503. The molecule has 0 radical (unpaired) electrons. The minimum absolute atomic E-state index is 0.111. The average molecular weight is 465 g/mol. The van der Waals surface area contributed by atoms with Crippen LogP contribution in [0.5, 0.6) is 17.2 Å². The fourth-order valence-electron chi connectivity index (χ4n) is 3.31. The summed E-state index contributed by atoms with van der Waals surface area (Å²) in [6.07, 6.45) is 0. The first-order valence-corrected chi connectivity index (χ1v) is 10.6. The Bertz CT molecular complexity index is 1290. The first kappa shape index (κ1) is 22.8. The van der Waals surface area contributed by atoms with Crippen LogP contribution in [0.1, 0.15) is 28.5 Å². The molecule has 0 saturated heterocycles. The van der Waals surface area contributed by atoms with Gasteiger partial charge in [-0.2, -0.15) is 9.78 Å². The zero-order valence-electron chi connectivity index (χ0n) is 18.7. The molecule has 0 fully saturated rings. The van der Waals surface area contributed by atoms with Gasteiger partial charge in [0.25, 0.3) is 11.5 Å². The second-order valence-corrected chi connectivity index (χ2v) is 7.37. The molecule has 1 aliphatic heterocycles. The number of benzene rings is 2. The number of nitrogens with zero attached hydrogens (tertiary/aromatic N) is 2. The predicted octanol–water partition coefficient (Wildman–Crippen LogP) is 2.14. The third-order valence-corrected chi connectivity index (χ3v) is 4.99. The topological polar surface area (TPSA) is 118 Å². The van der Waals surface area contributed by atoms with Gasteiger partial charge < -0.3 is 24.3 Å². The summed E-state index contributed by atoms with van der Waals surface area (Å²) in [4.78, 5) is 37.5. The maximum atomic E-state index is 12.7. The Hall–Kier alpha value is -4.34. The van der Waals surface area contributed by atoms with Gasteiger partial charge in [-0.05, 0) is 43.2 Å². The molecular weight excluding hydrogens is 442 g/mol. The van der Waals surface area contributed by atoms with Crippen LogP contribution in [-0.4, -0.2) is 41.7 Å². The Labute approximate surface area is 195 Å². The summed E-state index contributed by atoms with van der Waals surface area (Å²) in [5.74, 6) is -0.0807. The van der Waals surface area contributed by atoms with Gasteiger partial charge in [0, 0.05) is 6.54 Å². The lowest BCUT2D eigenvalue weighted by Crippen LogP contribution is -2.30. The van der Waals surface area contributed by atoms with E-state index in [1.807, 2.05) is 25.1 Å². The molecule has 2 aromatic carbocycles. The van der Waals surface area contributed by atoms with Crippen LogP contribution in [0.25, 0.3) is 5.69 Å². The molecule has 1 aromatic heterocycles. The Morgan fingerprint density at radius 3 is 2.71 bits per heavy atom. The van der Waals surface area contributed by atoms with Crippen LogP contribution in [0.4, 0.5) is 0 Å². The molecular formula is C24H23N3O7. The first-order valence-electron chi connectivity index (χ1n) is 10.6. The number of hydrogen-bond donors (Lipinski definition) is 1. The van der Waals surface area contributed by atoms with Gasteiger partial charge in [-0.15, -0.1) is 0 Å². The normalized spacial score (nSPS) is 11.7. The van der Waals surface area contributed by atoms with Crippen molar-refractivity contribution in [3.63, 3.8) is 0 Å². The molecule has 3 aromatic rings. The maximum absolute atomic E-state index is 12.7. The number of carbonyl (C=O) groups excluding carboxylic acids is 2. The van der Waals surface area contributed by atoms with E-state index in [2.05, 4.69) is 10.4 Å². The number of nitrogens with one attached hydrogen (secondary N) is 1. The zero-order chi connectivity index (χ0) is 24.1. The summed E-state index contributed by atoms with van der Waals surface area (Å²) in [6, 6.07) is 13.6. The monoisotopic (exact) mass is 465 g/mol. The van der Waals surface area contributed by atoms with Crippen LogP contribution in [-0.2, 0) is 16.1 Å². The van der Waals surface area contributed by atoms with E-state index in [-0.39, 0.29) is 31.4 Å². The lowest BCUT2D eigenvalue weighted by atomic mass is 10.2. The zero-order valence-corrected chi connectivity index (χ0v) is 18.7. The van der Waals surface area contributed by atoms with E-state index in [9.17, 15) is 14.4 Å². The number of esters is 1. The Kier molecular flexibility index (Phi) is 6.77. The highest BCUT2D eigenvalue weighted by Crippen LogP contribution is 2.32. The van der Waals surface area contributed by atoms with Gasteiger partial charge >= 0.3 is 5.97 Å². The number of para-hydroxylation sites is 1. The van der Waals surface area contributed by atoms with Crippen LogP contribution in [0.15, 0.2) is 53.3 Å². The lowest BCUT2D eigenvalue weighted by molar-refractivity contribution is -0.123. The van der Waals surface area contributed by atoms with Crippen molar-refractivity contribution in [2.24, 2.45) is 0 Å². The standard InChI is InChI=1S/C24H23N3O7/c1-3-31-24(30)23-20(11-22(29)27(26-23)17-7-5-4-6-15(17)2)32-13-21(28)25-12-16-8-9-18-19(10-16)34-14-33-18/h4-11H,3,12-14H2,1-2H3,(H,25,28). The van der Waals surface area contributed by atoms with Crippen molar-refractivity contribution in [1.29, 1.82) is 0 Å². The second kappa shape index (κ2) is 10.1. The van der Waals surface area contributed by atoms with Gasteiger partial charge in [-0.25, -0.2) is 4.79 Å². The van der Waals surface area contributed by atoms with Crippen molar-refractivity contribution < 1.29 is 28.5 Å². The van der Waals surface area contributed by atoms with Crippen LogP contribution < -0.4 is 25.1 Å². The minimum Gasteiger partial charge on any atom is -0.481 e. The molecule has 0 aliphatic carbocycles.